The van der Waals surface area contributed by atoms with Gasteiger partial charge in [0.1, 0.15) is 5.75 Å². The van der Waals surface area contributed by atoms with E-state index in [4.69, 9.17) is 4.74 Å². The molecule has 0 radical (unpaired) electrons. The Balaban J connectivity index is 1.47. The maximum atomic E-state index is 11.9. The lowest BCUT2D eigenvalue weighted by molar-refractivity contribution is -0.123. The zero-order valence-corrected chi connectivity index (χ0v) is 14.8. The summed E-state index contributed by atoms with van der Waals surface area (Å²) in [6.07, 6.45) is -0.177. The fourth-order valence-corrected chi connectivity index (χ4v) is 2.88. The SMILES string of the molecule is Cc1ccc(OCC(=O)NCCC(O)c2cccc3ccccc23)cc1. The highest BCUT2D eigenvalue weighted by Gasteiger charge is 2.11. The Bertz CT molecular complexity index is 869. The van der Waals surface area contributed by atoms with Gasteiger partial charge in [-0.25, -0.2) is 0 Å². The quantitative estimate of drug-likeness (QED) is 0.683. The number of aliphatic hydroxyl groups excluding tert-OH is 1. The minimum atomic E-state index is -0.626. The second-order valence-corrected chi connectivity index (χ2v) is 6.32. The molecule has 0 fully saturated rings. The number of nitrogens with one attached hydrogen (secondary N) is 1. The normalized spacial score (nSPS) is 11.9. The molecule has 2 N–H and O–H groups in total. The number of aliphatic hydroxyl groups is 1. The first-order chi connectivity index (χ1) is 12.6. The number of fused-ring (bicyclic) bond motifs is 1. The first-order valence-corrected chi connectivity index (χ1v) is 8.75. The molecule has 0 spiro atoms. The van der Waals surface area contributed by atoms with E-state index in [1.54, 1.807) is 0 Å². The summed E-state index contributed by atoms with van der Waals surface area (Å²) in [5.74, 6) is 0.470. The fraction of sp³-hybridized carbons (Fsp3) is 0.227. The molecule has 0 saturated heterocycles. The monoisotopic (exact) mass is 349 g/mol. The van der Waals surface area contributed by atoms with Crippen molar-refractivity contribution in [3.05, 3.63) is 77.9 Å². The Morgan fingerprint density at radius 2 is 1.77 bits per heavy atom. The highest BCUT2D eigenvalue weighted by atomic mass is 16.5. The van der Waals surface area contributed by atoms with E-state index < -0.39 is 6.10 Å². The van der Waals surface area contributed by atoms with E-state index in [9.17, 15) is 9.90 Å². The van der Waals surface area contributed by atoms with Crippen molar-refractivity contribution in [3.8, 4) is 5.75 Å². The molecule has 1 unspecified atom stereocenters. The third-order valence-electron chi connectivity index (χ3n) is 4.31. The molecule has 134 valence electrons. The lowest BCUT2D eigenvalue weighted by Crippen LogP contribution is -2.30. The zero-order valence-electron chi connectivity index (χ0n) is 14.8. The summed E-state index contributed by atoms with van der Waals surface area (Å²) >= 11 is 0. The number of benzene rings is 3. The summed E-state index contributed by atoms with van der Waals surface area (Å²) in [5.41, 5.74) is 2.03. The van der Waals surface area contributed by atoms with Gasteiger partial charge in [-0.05, 0) is 41.8 Å². The van der Waals surface area contributed by atoms with E-state index in [-0.39, 0.29) is 12.5 Å². The smallest absolute Gasteiger partial charge is 0.257 e. The molecule has 3 rings (SSSR count). The molecule has 0 bridgehead atoms. The highest BCUT2D eigenvalue weighted by molar-refractivity contribution is 5.86. The van der Waals surface area contributed by atoms with Crippen molar-refractivity contribution >= 4 is 16.7 Å². The largest absolute Gasteiger partial charge is 0.484 e. The third kappa shape index (κ3) is 4.61. The van der Waals surface area contributed by atoms with E-state index in [1.807, 2.05) is 73.7 Å². The maximum absolute atomic E-state index is 11.9. The van der Waals surface area contributed by atoms with Crippen LogP contribution in [-0.2, 0) is 4.79 Å². The molecule has 4 nitrogen and oxygen atoms in total. The predicted molar refractivity (Wildman–Crippen MR) is 103 cm³/mol. The van der Waals surface area contributed by atoms with Crippen LogP contribution < -0.4 is 10.1 Å². The molecule has 3 aromatic carbocycles. The summed E-state index contributed by atoms with van der Waals surface area (Å²) in [7, 11) is 0. The van der Waals surface area contributed by atoms with E-state index in [0.717, 1.165) is 21.9 Å². The molecular weight excluding hydrogens is 326 g/mol. The summed E-state index contributed by atoms with van der Waals surface area (Å²) in [4.78, 5) is 11.9. The number of hydrogen-bond acceptors (Lipinski definition) is 3. The lowest BCUT2D eigenvalue weighted by Gasteiger charge is -2.14. The topological polar surface area (TPSA) is 58.6 Å². The summed E-state index contributed by atoms with van der Waals surface area (Å²) < 4.78 is 5.45. The zero-order chi connectivity index (χ0) is 18.4. The van der Waals surface area contributed by atoms with Crippen LogP contribution in [0.4, 0.5) is 0 Å². The minimum Gasteiger partial charge on any atom is -0.484 e. The van der Waals surface area contributed by atoms with Crippen LogP contribution in [0.2, 0.25) is 0 Å². The first kappa shape index (κ1) is 18.0. The Kier molecular flexibility index (Phi) is 5.87. The second kappa shape index (κ2) is 8.50. The van der Waals surface area contributed by atoms with Crippen molar-refractivity contribution in [1.29, 1.82) is 0 Å². The Labute approximate surface area is 153 Å². The lowest BCUT2D eigenvalue weighted by atomic mass is 9.99. The van der Waals surface area contributed by atoms with Gasteiger partial charge in [0.05, 0.1) is 6.10 Å². The van der Waals surface area contributed by atoms with Crippen molar-refractivity contribution < 1.29 is 14.6 Å². The third-order valence-corrected chi connectivity index (χ3v) is 4.31. The van der Waals surface area contributed by atoms with Crippen LogP contribution in [0.1, 0.15) is 23.7 Å². The molecule has 0 aliphatic carbocycles. The number of carbonyl (C=O) groups excluding carboxylic acids is 1. The van der Waals surface area contributed by atoms with Crippen LogP contribution in [0.15, 0.2) is 66.7 Å². The van der Waals surface area contributed by atoms with Crippen molar-refractivity contribution in [1.82, 2.24) is 5.32 Å². The highest BCUT2D eigenvalue weighted by Crippen LogP contribution is 2.25. The van der Waals surface area contributed by atoms with Gasteiger partial charge in [0.2, 0.25) is 0 Å². The minimum absolute atomic E-state index is 0.0343. The van der Waals surface area contributed by atoms with Gasteiger partial charge in [0, 0.05) is 6.54 Å². The van der Waals surface area contributed by atoms with Gasteiger partial charge in [-0.3, -0.25) is 4.79 Å². The van der Waals surface area contributed by atoms with Crippen molar-refractivity contribution in [2.45, 2.75) is 19.4 Å². The van der Waals surface area contributed by atoms with Gasteiger partial charge >= 0.3 is 0 Å². The van der Waals surface area contributed by atoms with Crippen molar-refractivity contribution in [2.75, 3.05) is 13.2 Å². The molecule has 1 atom stereocenters. The van der Waals surface area contributed by atoms with E-state index in [2.05, 4.69) is 5.32 Å². The Morgan fingerprint density at radius 1 is 1.04 bits per heavy atom. The molecule has 0 heterocycles. The maximum Gasteiger partial charge on any atom is 0.257 e. The van der Waals surface area contributed by atoms with Gasteiger partial charge in [-0.2, -0.15) is 0 Å². The predicted octanol–water partition coefficient (Wildman–Crippen LogP) is 3.77. The Hall–Kier alpha value is -2.85. The van der Waals surface area contributed by atoms with Gasteiger partial charge < -0.3 is 15.2 Å². The molecule has 0 aliphatic heterocycles. The number of ether oxygens (including phenoxy) is 1. The fourth-order valence-electron chi connectivity index (χ4n) is 2.88. The average Bonchev–Trinajstić information content (AvgIpc) is 2.67. The van der Waals surface area contributed by atoms with Crippen LogP contribution in [-0.4, -0.2) is 24.2 Å². The molecule has 1 amide bonds. The molecular formula is C22H23NO3. The average molecular weight is 349 g/mol. The van der Waals surface area contributed by atoms with E-state index in [1.165, 1.54) is 0 Å². The summed E-state index contributed by atoms with van der Waals surface area (Å²) in [5, 5.41) is 15.4. The van der Waals surface area contributed by atoms with Crippen LogP contribution in [0.5, 0.6) is 5.75 Å². The van der Waals surface area contributed by atoms with E-state index >= 15 is 0 Å². The number of rotatable bonds is 7. The second-order valence-electron chi connectivity index (χ2n) is 6.32. The number of aryl methyl sites for hydroxylation is 1. The number of hydrogen-bond donors (Lipinski definition) is 2. The molecule has 4 heteroatoms. The van der Waals surface area contributed by atoms with Crippen LogP contribution >= 0.6 is 0 Å². The van der Waals surface area contributed by atoms with E-state index in [0.29, 0.717) is 18.7 Å². The van der Waals surface area contributed by atoms with Gasteiger partial charge in [0.15, 0.2) is 6.61 Å². The van der Waals surface area contributed by atoms with Gasteiger partial charge in [0.25, 0.3) is 5.91 Å². The number of amides is 1. The van der Waals surface area contributed by atoms with Crippen molar-refractivity contribution in [2.24, 2.45) is 0 Å². The standard InChI is InChI=1S/C22H23NO3/c1-16-9-11-18(12-10-16)26-15-22(25)23-14-13-21(24)20-8-4-6-17-5-2-3-7-19(17)20/h2-12,21,24H,13-15H2,1H3,(H,23,25). The Morgan fingerprint density at radius 3 is 2.58 bits per heavy atom. The summed E-state index contributed by atoms with van der Waals surface area (Å²) in [6, 6.07) is 21.4. The van der Waals surface area contributed by atoms with Crippen LogP contribution in [0.25, 0.3) is 10.8 Å². The van der Waals surface area contributed by atoms with Gasteiger partial charge in [-0.1, -0.05) is 60.2 Å². The van der Waals surface area contributed by atoms with Crippen molar-refractivity contribution in [3.63, 3.8) is 0 Å². The van der Waals surface area contributed by atoms with Gasteiger partial charge in [-0.15, -0.1) is 0 Å². The first-order valence-electron chi connectivity index (χ1n) is 8.75. The van der Waals surface area contributed by atoms with Crippen LogP contribution in [0, 0.1) is 6.92 Å². The van der Waals surface area contributed by atoms with Crippen LogP contribution in [0.3, 0.4) is 0 Å². The molecule has 0 aliphatic rings. The molecule has 26 heavy (non-hydrogen) atoms. The molecule has 0 saturated carbocycles. The number of carbonyl (C=O) groups is 1. The molecule has 0 aromatic heterocycles. The summed E-state index contributed by atoms with van der Waals surface area (Å²) in [6.45, 7) is 2.35. The molecule has 3 aromatic rings.